The molecule has 1 aliphatic heterocycles. The third-order valence-corrected chi connectivity index (χ3v) is 6.87. The first-order chi connectivity index (χ1) is 15.4. The Labute approximate surface area is 204 Å². The van der Waals surface area contributed by atoms with E-state index >= 15 is 0 Å². The Bertz CT molecular complexity index is 845. The van der Waals surface area contributed by atoms with E-state index in [9.17, 15) is 27.6 Å². The highest BCUT2D eigenvalue weighted by atomic mass is 35.5. The molecular formula is C21H26Cl2F3N3O3S. The van der Waals surface area contributed by atoms with Gasteiger partial charge in [-0.15, -0.1) is 0 Å². The smallest absolute Gasteiger partial charge is 0.368 e. The fourth-order valence-corrected chi connectivity index (χ4v) is 4.99. The minimum absolute atomic E-state index is 0.116. The van der Waals surface area contributed by atoms with Crippen molar-refractivity contribution in [2.45, 2.75) is 37.9 Å². The summed E-state index contributed by atoms with van der Waals surface area (Å²) < 4.78 is 37.0. The molecule has 33 heavy (non-hydrogen) atoms. The van der Waals surface area contributed by atoms with Crippen LogP contribution in [0.25, 0.3) is 0 Å². The minimum atomic E-state index is -4.87. The molecule has 0 radical (unpaired) electrons. The summed E-state index contributed by atoms with van der Waals surface area (Å²) in [7, 11) is 1.96. The second-order valence-corrected chi connectivity index (χ2v) is 9.93. The fraction of sp³-hybridized carbons (Fsp3) is 0.571. The molecule has 1 aromatic carbocycles. The Balaban J connectivity index is 2.18. The lowest BCUT2D eigenvalue weighted by Crippen LogP contribution is -2.51. The van der Waals surface area contributed by atoms with Gasteiger partial charge in [-0.2, -0.15) is 24.9 Å². The van der Waals surface area contributed by atoms with Gasteiger partial charge in [-0.1, -0.05) is 23.2 Å². The van der Waals surface area contributed by atoms with Crippen molar-refractivity contribution >= 4 is 58.2 Å². The van der Waals surface area contributed by atoms with Gasteiger partial charge in [-0.25, -0.2) is 0 Å². The van der Waals surface area contributed by atoms with Gasteiger partial charge in [0.25, 0.3) is 0 Å². The van der Waals surface area contributed by atoms with Crippen molar-refractivity contribution in [1.82, 2.24) is 4.90 Å². The normalized spacial score (nSPS) is 16.4. The van der Waals surface area contributed by atoms with Gasteiger partial charge in [0.1, 0.15) is 6.04 Å². The number of likely N-dealkylation sites (tertiary alicyclic amines) is 1. The highest BCUT2D eigenvalue weighted by Crippen LogP contribution is 2.31. The molecule has 0 spiro atoms. The number of carbonyl (C=O) groups excluding carboxylic acids is 3. The molecule has 0 aliphatic carbocycles. The van der Waals surface area contributed by atoms with Crippen LogP contribution in [0.1, 0.15) is 25.7 Å². The predicted molar refractivity (Wildman–Crippen MR) is 125 cm³/mol. The van der Waals surface area contributed by atoms with Crippen LogP contribution in [-0.2, 0) is 14.4 Å². The number of amides is 2. The molecule has 2 amide bonds. The third-order valence-electron chi connectivity index (χ3n) is 5.39. The molecule has 0 aromatic heterocycles. The molecule has 184 valence electrons. The first-order valence-corrected chi connectivity index (χ1v) is 12.3. The molecule has 6 nitrogen and oxygen atoms in total. The number of hydrogen-bond donors (Lipinski definition) is 1. The fourth-order valence-electron chi connectivity index (χ4n) is 3.62. The van der Waals surface area contributed by atoms with E-state index in [2.05, 4.69) is 4.90 Å². The lowest BCUT2D eigenvalue weighted by Gasteiger charge is -2.36. The Morgan fingerprint density at radius 3 is 2.27 bits per heavy atom. The van der Waals surface area contributed by atoms with Crippen molar-refractivity contribution in [1.29, 1.82) is 0 Å². The zero-order chi connectivity index (χ0) is 24.8. The van der Waals surface area contributed by atoms with Gasteiger partial charge >= 0.3 is 6.18 Å². The number of nitrogens with zero attached hydrogens (tertiary/aromatic N) is 2. The van der Waals surface area contributed by atoms with Crippen LogP contribution in [-0.4, -0.2) is 66.4 Å². The maximum Gasteiger partial charge on any atom is 0.450 e. The summed E-state index contributed by atoms with van der Waals surface area (Å²) in [4.78, 5) is 40.3. The topological polar surface area (TPSA) is 83.7 Å². The summed E-state index contributed by atoms with van der Waals surface area (Å²) in [6.07, 6.45) is -3.26. The Hall–Kier alpha value is -1.49. The monoisotopic (exact) mass is 527 g/mol. The average Bonchev–Trinajstić information content (AvgIpc) is 2.71. The minimum Gasteiger partial charge on any atom is -0.368 e. The maximum absolute atomic E-state index is 13.5. The number of hydrogen-bond acceptors (Lipinski definition) is 5. The van der Waals surface area contributed by atoms with Crippen LogP contribution >= 0.6 is 35.0 Å². The van der Waals surface area contributed by atoms with Gasteiger partial charge in [0.15, 0.2) is 0 Å². The van der Waals surface area contributed by atoms with E-state index in [1.165, 1.54) is 23.1 Å². The highest BCUT2D eigenvalue weighted by Gasteiger charge is 2.38. The van der Waals surface area contributed by atoms with E-state index < -0.39 is 29.7 Å². The third kappa shape index (κ3) is 8.35. The number of Topliss-reactive ketones (excluding diaryl/α,β-unsaturated/α-hetero) is 1. The lowest BCUT2D eigenvalue weighted by molar-refractivity contribution is -0.167. The van der Waals surface area contributed by atoms with Gasteiger partial charge in [-0.05, 0) is 69.8 Å². The number of benzene rings is 1. The zero-order valence-corrected chi connectivity index (χ0v) is 20.4. The maximum atomic E-state index is 13.5. The standard InChI is InChI=1S/C21H26Cl2F3N3O3S/c1-28-6-4-13(5-7-28)20(32)29(16-10-14(22)9-15(23)11-16)17(19(27)31)3-2-8-33-12-18(30)21(24,25)26/h9-11,13,17H,2-8,12H2,1H3,(H2,27,31)/t17-/m0/s1. The van der Waals surface area contributed by atoms with Crippen LogP contribution in [0.15, 0.2) is 18.2 Å². The summed E-state index contributed by atoms with van der Waals surface area (Å²) in [6, 6.07) is 3.50. The second-order valence-electron chi connectivity index (χ2n) is 7.95. The molecule has 1 aliphatic rings. The number of anilines is 1. The number of thioether (sulfide) groups is 1. The van der Waals surface area contributed by atoms with Gasteiger partial charge < -0.3 is 10.6 Å². The first-order valence-electron chi connectivity index (χ1n) is 10.3. The molecule has 1 atom stereocenters. The van der Waals surface area contributed by atoms with Crippen LogP contribution in [0.5, 0.6) is 0 Å². The summed E-state index contributed by atoms with van der Waals surface area (Å²) >= 11 is 13.1. The van der Waals surface area contributed by atoms with Crippen molar-refractivity contribution < 1.29 is 27.6 Å². The summed E-state index contributed by atoms with van der Waals surface area (Å²) in [6.45, 7) is 1.46. The van der Waals surface area contributed by atoms with Crippen molar-refractivity contribution in [2.24, 2.45) is 11.7 Å². The number of alkyl halides is 3. The molecule has 2 rings (SSSR count). The molecule has 0 bridgehead atoms. The largest absolute Gasteiger partial charge is 0.450 e. The van der Waals surface area contributed by atoms with Crippen LogP contribution in [0.2, 0.25) is 10.0 Å². The van der Waals surface area contributed by atoms with Crippen molar-refractivity contribution in [2.75, 3.05) is 36.5 Å². The van der Waals surface area contributed by atoms with Crippen LogP contribution < -0.4 is 10.6 Å². The van der Waals surface area contributed by atoms with Gasteiger partial charge in [0, 0.05) is 21.7 Å². The predicted octanol–water partition coefficient (Wildman–Crippen LogP) is 4.17. The Morgan fingerprint density at radius 1 is 1.18 bits per heavy atom. The molecular weight excluding hydrogens is 502 g/mol. The quantitative estimate of drug-likeness (QED) is 0.461. The Kier molecular flexibility index (Phi) is 10.3. The van der Waals surface area contributed by atoms with E-state index in [1.54, 1.807) is 0 Å². The molecule has 2 N–H and O–H groups in total. The van der Waals surface area contributed by atoms with E-state index in [0.717, 1.165) is 24.9 Å². The first kappa shape index (κ1) is 27.8. The van der Waals surface area contributed by atoms with Gasteiger partial charge in [0.2, 0.25) is 17.6 Å². The SMILES string of the molecule is CN1CCC(C(=O)N(c2cc(Cl)cc(Cl)c2)[C@@H](CCCSCC(=O)C(F)(F)F)C(N)=O)CC1. The molecule has 1 fully saturated rings. The average molecular weight is 528 g/mol. The van der Waals surface area contributed by atoms with Crippen LogP contribution in [0.4, 0.5) is 18.9 Å². The lowest BCUT2D eigenvalue weighted by atomic mass is 9.94. The zero-order valence-electron chi connectivity index (χ0n) is 18.0. The second kappa shape index (κ2) is 12.3. The van der Waals surface area contributed by atoms with Crippen LogP contribution in [0.3, 0.4) is 0 Å². The van der Waals surface area contributed by atoms with E-state index in [0.29, 0.717) is 18.5 Å². The van der Waals surface area contributed by atoms with E-state index in [1.807, 2.05) is 7.05 Å². The molecule has 1 saturated heterocycles. The number of nitrogens with two attached hydrogens (primary N) is 1. The van der Waals surface area contributed by atoms with Gasteiger partial charge in [-0.3, -0.25) is 19.3 Å². The van der Waals surface area contributed by atoms with E-state index in [4.69, 9.17) is 28.9 Å². The van der Waals surface area contributed by atoms with Crippen molar-refractivity contribution in [3.8, 4) is 0 Å². The summed E-state index contributed by atoms with van der Waals surface area (Å²) in [5, 5.41) is 0.561. The number of primary amides is 1. The number of halogens is 5. The van der Waals surface area contributed by atoms with Gasteiger partial charge in [0.05, 0.1) is 5.75 Å². The summed E-state index contributed by atoms with van der Waals surface area (Å²) in [5.41, 5.74) is 5.98. The van der Waals surface area contributed by atoms with Crippen molar-refractivity contribution in [3.05, 3.63) is 28.2 Å². The number of ketones is 1. The molecule has 0 unspecified atom stereocenters. The van der Waals surface area contributed by atoms with E-state index in [-0.39, 0.29) is 40.5 Å². The number of carbonyl (C=O) groups is 3. The number of piperidine rings is 1. The van der Waals surface area contributed by atoms with Crippen LogP contribution in [0, 0.1) is 5.92 Å². The highest BCUT2D eigenvalue weighted by molar-refractivity contribution is 7.99. The van der Waals surface area contributed by atoms with Crippen molar-refractivity contribution in [3.63, 3.8) is 0 Å². The molecule has 1 heterocycles. The Morgan fingerprint density at radius 2 is 1.76 bits per heavy atom. The molecule has 1 aromatic rings. The number of rotatable bonds is 10. The summed E-state index contributed by atoms with van der Waals surface area (Å²) in [5.74, 6) is -3.66. The molecule has 0 saturated carbocycles. The molecule has 12 heteroatoms.